The second-order valence-corrected chi connectivity index (χ2v) is 20.2. The number of hydrogen-bond acceptors (Lipinski definition) is 0. The van der Waals surface area contributed by atoms with E-state index in [-0.39, 0.29) is 12.4 Å². The van der Waals surface area contributed by atoms with Gasteiger partial charge in [-0.25, -0.2) is 0 Å². The van der Waals surface area contributed by atoms with E-state index in [2.05, 4.69) is 66.7 Å². The number of fused-ring (bicyclic) bond motifs is 4. The minimum Gasteiger partial charge on any atom is -1.00 e. The van der Waals surface area contributed by atoms with Crippen molar-refractivity contribution in [3.8, 4) is 0 Å². The third-order valence-corrected chi connectivity index (χ3v) is 21.4. The Morgan fingerprint density at radius 1 is 0.636 bits per heavy atom. The molecule has 0 saturated heterocycles. The van der Waals surface area contributed by atoms with E-state index >= 15 is 0 Å². The second kappa shape index (κ2) is 8.64. The van der Waals surface area contributed by atoms with Crippen LogP contribution in [0, 0.1) is 11.8 Å². The first-order valence-corrected chi connectivity index (χ1v) is 16.9. The van der Waals surface area contributed by atoms with Gasteiger partial charge in [-0.05, 0) is 0 Å². The maximum absolute atomic E-state index is 2.64. The number of rotatable bonds is 5. The summed E-state index contributed by atoms with van der Waals surface area (Å²) in [5.74, 6) is 2.15. The van der Waals surface area contributed by atoms with Crippen molar-refractivity contribution < 1.29 is 34.2 Å². The van der Waals surface area contributed by atoms with Gasteiger partial charge in [0.05, 0.1) is 0 Å². The Morgan fingerprint density at radius 2 is 1.12 bits per heavy atom. The third-order valence-electron chi connectivity index (χ3n) is 10.1. The van der Waals surface area contributed by atoms with E-state index in [0.717, 1.165) is 18.1 Å². The van der Waals surface area contributed by atoms with Gasteiger partial charge in [-0.3, -0.25) is 0 Å². The molecule has 0 amide bonds. The predicted octanol–water partition coefficient (Wildman–Crippen LogP) is 6.01. The van der Waals surface area contributed by atoms with Crippen molar-refractivity contribution in [3.63, 3.8) is 0 Å². The first kappa shape index (κ1) is 22.6. The van der Waals surface area contributed by atoms with Crippen LogP contribution in [0.15, 0.2) is 70.0 Å². The van der Waals surface area contributed by atoms with Crippen molar-refractivity contribution in [2.75, 3.05) is 0 Å². The fourth-order valence-electron chi connectivity index (χ4n) is 8.90. The fraction of sp³-hybridized carbons (Fsp3) is 0.484. The quantitative estimate of drug-likeness (QED) is 0.441. The molecule has 2 aromatic rings. The van der Waals surface area contributed by atoms with Crippen LogP contribution in [0.4, 0.5) is 0 Å². The third kappa shape index (κ3) is 3.55. The Hall–Kier alpha value is -0.907. The zero-order valence-corrected chi connectivity index (χ0v) is 22.9. The van der Waals surface area contributed by atoms with Gasteiger partial charge in [-0.2, -0.15) is 0 Å². The molecule has 0 spiro atoms. The Bertz CT molecular complexity index is 1040. The molecule has 0 heterocycles. The molecule has 0 aromatic heterocycles. The SMILES string of the molecule is C1=C(c2ccccc2)C(c2ccccc2)=[C]([Zr+]([C]23CCC(CC2)C3)[C]23CCC(CC2)C3)C1.[Cl-]. The van der Waals surface area contributed by atoms with Crippen LogP contribution in [0.1, 0.15) is 81.8 Å². The van der Waals surface area contributed by atoms with E-state index in [1.54, 1.807) is 75.4 Å². The molecular formula is C31H35ClZr. The van der Waals surface area contributed by atoms with Gasteiger partial charge >= 0.3 is 203 Å². The van der Waals surface area contributed by atoms with Crippen molar-refractivity contribution in [2.45, 2.75) is 76.9 Å². The molecule has 0 N–H and O–H groups in total. The second-order valence-electron chi connectivity index (χ2n) is 11.6. The minimum absolute atomic E-state index is 0. The van der Waals surface area contributed by atoms with Crippen molar-refractivity contribution >= 4 is 11.1 Å². The van der Waals surface area contributed by atoms with Gasteiger partial charge in [0, 0.05) is 0 Å². The van der Waals surface area contributed by atoms with Crippen molar-refractivity contribution in [1.82, 2.24) is 0 Å². The Balaban J connectivity index is 0.00000206. The number of hydrogen-bond donors (Lipinski definition) is 0. The average Bonchev–Trinajstić information content (AvgIpc) is 3.67. The summed E-state index contributed by atoms with van der Waals surface area (Å²) in [4.78, 5) is 0. The van der Waals surface area contributed by atoms with Crippen LogP contribution in [0.25, 0.3) is 11.1 Å². The summed E-state index contributed by atoms with van der Waals surface area (Å²) in [6.45, 7) is 0. The topological polar surface area (TPSA) is 0 Å². The van der Waals surface area contributed by atoms with Crippen LogP contribution in [-0.2, 0) is 21.8 Å². The molecule has 2 aromatic carbocycles. The number of benzene rings is 2. The standard InChI is InChI=1S/C17H13.2C7H11.ClH.Zr/c1-3-8-14(9-4-1)16-12-7-13-17(16)15-10-5-2-6-11-15;2*1-2-7-4-3-6(1)5-7;;/h1-6,8-12H,7H2;2*6H,1-5H2;1H;/q;;;;+1/p-1. The van der Waals surface area contributed by atoms with E-state index in [1.807, 2.05) is 3.28 Å². The zero-order chi connectivity index (χ0) is 21.2. The smallest absolute Gasteiger partial charge is 1.00 e. The number of allylic oxidation sites excluding steroid dienone is 4. The predicted molar refractivity (Wildman–Crippen MR) is 131 cm³/mol. The monoisotopic (exact) mass is 532 g/mol. The van der Waals surface area contributed by atoms with E-state index in [0.29, 0.717) is 0 Å². The van der Waals surface area contributed by atoms with Crippen LogP contribution < -0.4 is 12.4 Å². The summed E-state index contributed by atoms with van der Waals surface area (Å²) in [5.41, 5.74) is 6.19. The van der Waals surface area contributed by atoms with Gasteiger partial charge in [0.25, 0.3) is 0 Å². The van der Waals surface area contributed by atoms with Gasteiger partial charge in [-0.1, -0.05) is 0 Å². The molecule has 0 atom stereocenters. The van der Waals surface area contributed by atoms with Crippen LogP contribution >= 0.6 is 0 Å². The molecule has 4 bridgehead atoms. The van der Waals surface area contributed by atoms with Gasteiger partial charge in [0.1, 0.15) is 0 Å². The van der Waals surface area contributed by atoms with Crippen LogP contribution in [0.2, 0.25) is 6.25 Å². The summed E-state index contributed by atoms with van der Waals surface area (Å²) < 4.78 is 3.62. The first-order valence-electron chi connectivity index (χ1n) is 13.2. The van der Waals surface area contributed by atoms with Crippen LogP contribution in [0.5, 0.6) is 0 Å². The molecule has 2 heteroatoms. The van der Waals surface area contributed by atoms with Gasteiger partial charge < -0.3 is 12.4 Å². The van der Waals surface area contributed by atoms with E-state index in [4.69, 9.17) is 0 Å². The maximum Gasteiger partial charge on any atom is -1.00 e. The molecule has 0 unspecified atom stereocenters. The maximum atomic E-state index is 2.64. The summed E-state index contributed by atoms with van der Waals surface area (Å²) in [6, 6.07) is 22.9. The Kier molecular flexibility index (Phi) is 5.90. The van der Waals surface area contributed by atoms with Crippen LogP contribution in [-0.4, -0.2) is 0 Å². The molecule has 5 aliphatic carbocycles. The van der Waals surface area contributed by atoms with E-state index in [9.17, 15) is 0 Å². The van der Waals surface area contributed by atoms with Gasteiger partial charge in [0.15, 0.2) is 0 Å². The molecule has 170 valence electrons. The molecule has 33 heavy (non-hydrogen) atoms. The van der Waals surface area contributed by atoms with Crippen molar-refractivity contribution in [3.05, 3.63) is 81.1 Å². The van der Waals surface area contributed by atoms with E-state index in [1.165, 1.54) is 17.5 Å². The molecule has 4 saturated carbocycles. The molecule has 7 rings (SSSR count). The molecular weight excluding hydrogens is 499 g/mol. The Morgan fingerprint density at radius 3 is 1.58 bits per heavy atom. The molecule has 5 aliphatic rings. The van der Waals surface area contributed by atoms with Gasteiger partial charge in [-0.15, -0.1) is 0 Å². The first-order chi connectivity index (χ1) is 15.8. The molecule has 0 radical (unpaired) electrons. The average molecular weight is 534 g/mol. The summed E-state index contributed by atoms with van der Waals surface area (Å²) in [5, 5.41) is 0. The molecule has 0 aliphatic heterocycles. The molecule has 4 fully saturated rings. The Labute approximate surface area is 214 Å². The number of halogens is 1. The summed E-state index contributed by atoms with van der Waals surface area (Å²) in [6.07, 6.45) is 19.7. The fourth-order valence-corrected chi connectivity index (χ4v) is 23.2. The van der Waals surface area contributed by atoms with Crippen LogP contribution in [0.3, 0.4) is 0 Å². The van der Waals surface area contributed by atoms with Crippen molar-refractivity contribution in [2.24, 2.45) is 11.8 Å². The zero-order valence-electron chi connectivity index (χ0n) is 19.7. The van der Waals surface area contributed by atoms with E-state index < -0.39 is 21.8 Å². The summed E-state index contributed by atoms with van der Waals surface area (Å²) >= 11 is -1.95. The van der Waals surface area contributed by atoms with Gasteiger partial charge in [0.2, 0.25) is 0 Å². The van der Waals surface area contributed by atoms with Crippen molar-refractivity contribution in [1.29, 1.82) is 0 Å². The summed E-state index contributed by atoms with van der Waals surface area (Å²) in [7, 11) is 0. The normalized spacial score (nSPS) is 34.0. The largest absolute Gasteiger partial charge is 1.00 e. The minimum atomic E-state index is -1.95. The molecule has 0 nitrogen and oxygen atoms in total.